The molecule has 0 fully saturated rings. The summed E-state index contributed by atoms with van der Waals surface area (Å²) >= 11 is 14.4. The van der Waals surface area contributed by atoms with E-state index in [4.69, 9.17) is 39.9 Å². The van der Waals surface area contributed by atoms with Crippen molar-refractivity contribution in [2.24, 2.45) is 0 Å². The lowest BCUT2D eigenvalue weighted by Gasteiger charge is -1.89. The Morgan fingerprint density at radius 1 is 1.42 bits per heavy atom. The van der Waals surface area contributed by atoms with E-state index < -0.39 is 4.30 Å². The van der Waals surface area contributed by atoms with Gasteiger partial charge in [0.2, 0.25) is 0 Å². The summed E-state index contributed by atoms with van der Waals surface area (Å²) in [4.78, 5) is 9.82. The van der Waals surface area contributed by atoms with Crippen molar-refractivity contribution in [3.05, 3.63) is 0 Å². The van der Waals surface area contributed by atoms with Gasteiger partial charge in [-0.3, -0.25) is 4.79 Å². The summed E-state index contributed by atoms with van der Waals surface area (Å²) < 4.78 is 3.65. The molecule has 0 bridgehead atoms. The van der Waals surface area contributed by atoms with Crippen LogP contribution in [-0.4, -0.2) is 29.1 Å². The van der Waals surface area contributed by atoms with Crippen molar-refractivity contribution in [3.63, 3.8) is 0 Å². The highest BCUT2D eigenvalue weighted by Crippen LogP contribution is 2.03. The number of esters is 1. The van der Waals surface area contributed by atoms with Crippen LogP contribution in [0.2, 0.25) is 0 Å². The number of ether oxygens (including phenoxy) is 1. The molecule has 0 heterocycles. The third-order valence-corrected chi connectivity index (χ3v) is 0.348. The average Bonchev–Trinajstić information content (AvgIpc) is 1.90. The molecule has 0 unspecified atom stereocenters. The molecule has 12 heavy (non-hydrogen) atoms. The zero-order valence-electron chi connectivity index (χ0n) is 7.18. The normalized spacial score (nSPS) is 7.33. The lowest BCUT2D eigenvalue weighted by Crippen LogP contribution is -1.95. The van der Waals surface area contributed by atoms with E-state index in [9.17, 15) is 4.79 Å². The van der Waals surface area contributed by atoms with Crippen molar-refractivity contribution < 1.29 is 14.6 Å². The number of carbonyl (C=O) groups is 1. The van der Waals surface area contributed by atoms with Gasteiger partial charge in [-0.2, -0.15) is 0 Å². The summed E-state index contributed by atoms with van der Waals surface area (Å²) in [5, 5.41) is 7.00. The van der Waals surface area contributed by atoms with E-state index in [2.05, 4.69) is 4.74 Å². The molecule has 0 aliphatic rings. The standard InChI is InChI=1S/C4H8O2.CHCl3.CH4O/c1-3-6-4(2)5;2-1(3)4;1-2/h3H2,1-2H3;1H;2H,1H3. The molecular weight excluding hydrogens is 226 g/mol. The van der Waals surface area contributed by atoms with Crippen LogP contribution in [0.5, 0.6) is 0 Å². The molecule has 0 spiro atoms. The highest BCUT2D eigenvalue weighted by Gasteiger charge is 1.81. The first-order valence-corrected chi connectivity index (χ1v) is 4.32. The molecule has 0 radical (unpaired) electrons. The van der Waals surface area contributed by atoms with E-state index in [1.165, 1.54) is 6.92 Å². The summed E-state index contributed by atoms with van der Waals surface area (Å²) in [6.07, 6.45) is 0. The summed E-state index contributed by atoms with van der Waals surface area (Å²) in [6.45, 7) is 3.65. The van der Waals surface area contributed by atoms with Gasteiger partial charge in [0.1, 0.15) is 0 Å². The van der Waals surface area contributed by atoms with Gasteiger partial charge in [-0.05, 0) is 6.92 Å². The quantitative estimate of drug-likeness (QED) is 0.563. The van der Waals surface area contributed by atoms with Gasteiger partial charge < -0.3 is 9.84 Å². The predicted octanol–water partition coefficient (Wildman–Crippen LogP) is 2.16. The van der Waals surface area contributed by atoms with Gasteiger partial charge in [-0.1, -0.05) is 34.8 Å². The molecule has 0 amide bonds. The molecule has 0 saturated heterocycles. The Balaban J connectivity index is -0.000000118. The fourth-order valence-corrected chi connectivity index (χ4v) is 0.203. The maximum atomic E-state index is 9.82. The maximum Gasteiger partial charge on any atom is 0.302 e. The predicted molar refractivity (Wildman–Crippen MR) is 51.8 cm³/mol. The number of hydrogen-bond acceptors (Lipinski definition) is 3. The van der Waals surface area contributed by atoms with Crippen LogP contribution in [0.15, 0.2) is 0 Å². The largest absolute Gasteiger partial charge is 0.466 e. The van der Waals surface area contributed by atoms with Gasteiger partial charge in [0, 0.05) is 14.0 Å². The highest BCUT2D eigenvalue weighted by molar-refractivity contribution is 6.63. The first kappa shape index (κ1) is 18.2. The number of carbonyl (C=O) groups excluding carboxylic acids is 1. The van der Waals surface area contributed by atoms with Gasteiger partial charge in [0.25, 0.3) is 0 Å². The Morgan fingerprint density at radius 2 is 1.67 bits per heavy atom. The number of alkyl halides is 3. The van der Waals surface area contributed by atoms with Gasteiger partial charge >= 0.3 is 5.97 Å². The van der Waals surface area contributed by atoms with Crippen LogP contribution in [0.3, 0.4) is 0 Å². The van der Waals surface area contributed by atoms with E-state index in [-0.39, 0.29) is 5.97 Å². The van der Waals surface area contributed by atoms with Crippen LogP contribution in [0.4, 0.5) is 0 Å². The van der Waals surface area contributed by atoms with Crippen LogP contribution in [0.25, 0.3) is 0 Å². The molecule has 6 heteroatoms. The third-order valence-electron chi connectivity index (χ3n) is 0.348. The molecule has 0 rings (SSSR count). The minimum atomic E-state index is -0.750. The number of rotatable bonds is 1. The molecule has 1 N–H and O–H groups in total. The molecule has 0 atom stereocenters. The Bertz CT molecular complexity index is 85.4. The Kier molecular flexibility index (Phi) is 26.3. The smallest absolute Gasteiger partial charge is 0.302 e. The topological polar surface area (TPSA) is 46.5 Å². The van der Waals surface area contributed by atoms with Crippen molar-refractivity contribution in [2.45, 2.75) is 18.1 Å². The molecule has 0 aromatic heterocycles. The van der Waals surface area contributed by atoms with Gasteiger partial charge in [0.15, 0.2) is 4.30 Å². The van der Waals surface area contributed by atoms with Gasteiger partial charge in [-0.25, -0.2) is 0 Å². The molecule has 0 aromatic rings. The van der Waals surface area contributed by atoms with Crippen molar-refractivity contribution >= 4 is 40.8 Å². The zero-order chi connectivity index (χ0) is 10.6. The summed E-state index contributed by atoms with van der Waals surface area (Å²) in [5.41, 5.74) is 0. The minimum absolute atomic E-state index is 0.211. The minimum Gasteiger partial charge on any atom is -0.466 e. The van der Waals surface area contributed by atoms with Crippen LogP contribution < -0.4 is 0 Å². The molecule has 0 saturated carbocycles. The summed E-state index contributed by atoms with van der Waals surface area (Å²) in [6, 6.07) is 0. The lowest BCUT2D eigenvalue weighted by atomic mass is 10.8. The van der Waals surface area contributed by atoms with Crippen LogP contribution in [-0.2, 0) is 9.53 Å². The van der Waals surface area contributed by atoms with E-state index >= 15 is 0 Å². The van der Waals surface area contributed by atoms with E-state index in [0.29, 0.717) is 6.61 Å². The summed E-state index contributed by atoms with van der Waals surface area (Å²) in [5.74, 6) is -0.211. The number of aliphatic hydroxyl groups is 1. The Labute approximate surface area is 87.6 Å². The van der Waals surface area contributed by atoms with Crippen LogP contribution in [0, 0.1) is 0 Å². The van der Waals surface area contributed by atoms with Crippen molar-refractivity contribution in [2.75, 3.05) is 13.7 Å². The van der Waals surface area contributed by atoms with Gasteiger partial charge in [-0.15, -0.1) is 0 Å². The molecule has 0 aliphatic carbocycles. The second-order valence-electron chi connectivity index (χ2n) is 1.17. The van der Waals surface area contributed by atoms with E-state index in [1.54, 1.807) is 6.92 Å². The average molecular weight is 240 g/mol. The molecule has 0 aromatic carbocycles. The SMILES string of the molecule is CCOC(C)=O.CO.ClC(Cl)Cl. The third kappa shape index (κ3) is 81.8. The second kappa shape index (κ2) is 17.4. The maximum absolute atomic E-state index is 9.82. The number of hydrogen-bond donors (Lipinski definition) is 1. The van der Waals surface area contributed by atoms with Crippen molar-refractivity contribution in [1.29, 1.82) is 0 Å². The lowest BCUT2D eigenvalue weighted by molar-refractivity contribution is -0.140. The van der Waals surface area contributed by atoms with Crippen LogP contribution >= 0.6 is 34.8 Å². The number of halogens is 3. The van der Waals surface area contributed by atoms with Gasteiger partial charge in [0.05, 0.1) is 6.61 Å². The first-order chi connectivity index (χ1) is 5.50. The highest BCUT2D eigenvalue weighted by atomic mass is 35.6. The molecule has 3 nitrogen and oxygen atoms in total. The van der Waals surface area contributed by atoms with Crippen LogP contribution in [0.1, 0.15) is 13.8 Å². The monoisotopic (exact) mass is 238 g/mol. The van der Waals surface area contributed by atoms with Crippen molar-refractivity contribution in [1.82, 2.24) is 0 Å². The summed E-state index contributed by atoms with van der Waals surface area (Å²) in [7, 11) is 1.00. The first-order valence-electron chi connectivity index (χ1n) is 3.01. The van der Waals surface area contributed by atoms with Crippen molar-refractivity contribution in [3.8, 4) is 0 Å². The zero-order valence-corrected chi connectivity index (χ0v) is 9.45. The van der Waals surface area contributed by atoms with E-state index in [0.717, 1.165) is 7.11 Å². The fraction of sp³-hybridized carbons (Fsp3) is 0.833. The Hall–Kier alpha value is 0.300. The molecule has 76 valence electrons. The number of aliphatic hydroxyl groups excluding tert-OH is 1. The fourth-order valence-electron chi connectivity index (χ4n) is 0.203. The molecular formula is C6H13Cl3O3. The van der Waals surface area contributed by atoms with E-state index in [1.807, 2.05) is 0 Å². The molecule has 0 aliphatic heterocycles. The Morgan fingerprint density at radius 3 is 1.67 bits per heavy atom. The second-order valence-corrected chi connectivity index (χ2v) is 3.15.